The Kier molecular flexibility index (Phi) is 8.14. The van der Waals surface area contributed by atoms with E-state index in [1.807, 2.05) is 38.4 Å². The number of nitrogens with zero attached hydrogens (tertiary/aromatic N) is 6. The summed E-state index contributed by atoms with van der Waals surface area (Å²) in [5.41, 5.74) is 0.696. The smallest absolute Gasteiger partial charge is 0.191 e. The van der Waals surface area contributed by atoms with Gasteiger partial charge in [0.15, 0.2) is 11.8 Å². The number of guanidine groups is 1. The molecule has 29 heavy (non-hydrogen) atoms. The zero-order valence-electron chi connectivity index (χ0n) is 16.8. The maximum absolute atomic E-state index is 10.7. The average molecular weight is 510 g/mol. The van der Waals surface area contributed by atoms with Gasteiger partial charge in [0, 0.05) is 43.9 Å². The van der Waals surface area contributed by atoms with E-state index in [9.17, 15) is 5.11 Å². The molecule has 1 unspecified atom stereocenters. The average Bonchev–Trinajstić information content (AvgIpc) is 3.36. The summed E-state index contributed by atoms with van der Waals surface area (Å²) >= 11 is 0. The lowest BCUT2D eigenvalue weighted by Gasteiger charge is -2.23. The highest BCUT2D eigenvalue weighted by atomic mass is 127. The number of aliphatic hydroxyl groups is 1. The van der Waals surface area contributed by atoms with Crippen LogP contribution >= 0.6 is 24.0 Å². The van der Waals surface area contributed by atoms with E-state index in [4.69, 9.17) is 0 Å². The Morgan fingerprint density at radius 1 is 1.28 bits per heavy atom. The van der Waals surface area contributed by atoms with Crippen molar-refractivity contribution in [2.24, 2.45) is 12.0 Å². The second-order valence-electron chi connectivity index (χ2n) is 6.70. The molecule has 10 heteroatoms. The number of aryl methyl sites for hydroxylation is 1. The van der Waals surface area contributed by atoms with E-state index >= 15 is 0 Å². The molecular weight excluding hydrogens is 483 g/mol. The lowest BCUT2D eigenvalue weighted by atomic mass is 10.00. The van der Waals surface area contributed by atoms with Crippen molar-refractivity contribution < 1.29 is 5.11 Å². The van der Waals surface area contributed by atoms with Crippen molar-refractivity contribution in [2.45, 2.75) is 26.0 Å². The highest BCUT2D eigenvalue weighted by molar-refractivity contribution is 14.0. The Bertz CT molecular complexity index is 920. The van der Waals surface area contributed by atoms with Gasteiger partial charge in [0.25, 0.3) is 0 Å². The van der Waals surface area contributed by atoms with Gasteiger partial charge in [-0.2, -0.15) is 10.2 Å². The Morgan fingerprint density at radius 2 is 2.10 bits per heavy atom. The summed E-state index contributed by atoms with van der Waals surface area (Å²) in [6.45, 7) is 5.24. The van der Waals surface area contributed by atoms with E-state index in [2.05, 4.69) is 30.8 Å². The molecule has 0 aromatic carbocycles. The summed E-state index contributed by atoms with van der Waals surface area (Å²) in [7, 11) is 1.82. The predicted molar refractivity (Wildman–Crippen MR) is 122 cm³/mol. The van der Waals surface area contributed by atoms with E-state index < -0.39 is 5.60 Å². The van der Waals surface area contributed by atoms with Crippen LogP contribution in [0.4, 0.5) is 0 Å². The first-order chi connectivity index (χ1) is 13.5. The number of hydrogen-bond acceptors (Lipinski definition) is 5. The molecule has 0 aliphatic heterocycles. The number of halogens is 1. The second kappa shape index (κ2) is 10.3. The Morgan fingerprint density at radius 3 is 2.76 bits per heavy atom. The van der Waals surface area contributed by atoms with Gasteiger partial charge in [-0.3, -0.25) is 4.68 Å². The SMILES string of the molecule is CCNC(=NCc1ccnc(-n2cccn2)c1)NCC(C)(O)c1cnn(C)c1.I. The molecule has 3 aromatic heterocycles. The summed E-state index contributed by atoms with van der Waals surface area (Å²) in [5, 5.41) is 25.4. The maximum Gasteiger partial charge on any atom is 0.191 e. The fourth-order valence-electron chi connectivity index (χ4n) is 2.66. The minimum Gasteiger partial charge on any atom is -0.383 e. The molecule has 156 valence electrons. The van der Waals surface area contributed by atoms with Crippen molar-refractivity contribution in [2.75, 3.05) is 13.1 Å². The molecular formula is C19H27IN8O. The summed E-state index contributed by atoms with van der Waals surface area (Å²) in [6.07, 6.45) is 8.78. The van der Waals surface area contributed by atoms with Crippen molar-refractivity contribution in [3.8, 4) is 5.82 Å². The lowest BCUT2D eigenvalue weighted by molar-refractivity contribution is 0.0616. The first kappa shape index (κ1) is 22.8. The third kappa shape index (κ3) is 6.26. The number of hydrogen-bond donors (Lipinski definition) is 3. The van der Waals surface area contributed by atoms with Crippen LogP contribution in [-0.2, 0) is 19.2 Å². The van der Waals surface area contributed by atoms with E-state index in [0.717, 1.165) is 23.5 Å². The van der Waals surface area contributed by atoms with Gasteiger partial charge < -0.3 is 15.7 Å². The van der Waals surface area contributed by atoms with Gasteiger partial charge in [-0.15, -0.1) is 24.0 Å². The molecule has 0 saturated carbocycles. The molecule has 0 fully saturated rings. The van der Waals surface area contributed by atoms with Crippen LogP contribution in [0.3, 0.4) is 0 Å². The largest absolute Gasteiger partial charge is 0.383 e. The minimum absolute atomic E-state index is 0. The normalized spacial score (nSPS) is 13.4. The predicted octanol–water partition coefficient (Wildman–Crippen LogP) is 1.58. The van der Waals surface area contributed by atoms with Crippen LogP contribution in [0.15, 0.2) is 54.2 Å². The first-order valence-corrected chi connectivity index (χ1v) is 9.16. The van der Waals surface area contributed by atoms with Crippen molar-refractivity contribution >= 4 is 29.9 Å². The van der Waals surface area contributed by atoms with Gasteiger partial charge in [0.05, 0.1) is 19.3 Å². The Hall–Kier alpha value is -2.47. The monoisotopic (exact) mass is 510 g/mol. The van der Waals surface area contributed by atoms with E-state index in [-0.39, 0.29) is 24.0 Å². The van der Waals surface area contributed by atoms with Crippen LogP contribution in [0.2, 0.25) is 0 Å². The maximum atomic E-state index is 10.7. The number of pyridine rings is 1. The van der Waals surface area contributed by atoms with Crippen LogP contribution in [0.5, 0.6) is 0 Å². The van der Waals surface area contributed by atoms with E-state index in [0.29, 0.717) is 19.0 Å². The van der Waals surface area contributed by atoms with E-state index in [1.165, 1.54) is 0 Å². The molecule has 0 radical (unpaired) electrons. The molecule has 3 rings (SSSR count). The Balaban J connectivity index is 0.00000300. The van der Waals surface area contributed by atoms with Gasteiger partial charge >= 0.3 is 0 Å². The summed E-state index contributed by atoms with van der Waals surface area (Å²) in [5.74, 6) is 1.37. The van der Waals surface area contributed by atoms with Gasteiger partial charge in [0.1, 0.15) is 5.60 Å². The number of aromatic nitrogens is 5. The fourth-order valence-corrected chi connectivity index (χ4v) is 2.66. The van der Waals surface area contributed by atoms with Crippen molar-refractivity contribution in [3.05, 3.63) is 60.3 Å². The van der Waals surface area contributed by atoms with Crippen LogP contribution in [-0.4, -0.2) is 48.7 Å². The van der Waals surface area contributed by atoms with Crippen molar-refractivity contribution in [1.29, 1.82) is 0 Å². The highest BCUT2D eigenvalue weighted by Crippen LogP contribution is 2.18. The third-order valence-corrected chi connectivity index (χ3v) is 4.24. The zero-order valence-corrected chi connectivity index (χ0v) is 19.1. The summed E-state index contributed by atoms with van der Waals surface area (Å²) < 4.78 is 3.38. The zero-order chi connectivity index (χ0) is 20.0. The molecule has 3 heterocycles. The standard InChI is InChI=1S/C19H26N8O.HI/c1-4-20-18(23-14-19(2,28)16-12-25-26(3)13-16)22-11-15-6-8-21-17(10-15)27-9-5-7-24-27;/h5-10,12-13,28H,4,11,14H2,1-3H3,(H2,20,22,23);1H. The van der Waals surface area contributed by atoms with Gasteiger partial charge in [-0.25, -0.2) is 14.7 Å². The minimum atomic E-state index is -1.06. The molecule has 0 aliphatic rings. The van der Waals surface area contributed by atoms with E-state index in [1.54, 1.807) is 41.1 Å². The first-order valence-electron chi connectivity index (χ1n) is 9.16. The molecule has 0 saturated heterocycles. The number of aliphatic imine (C=N–C) groups is 1. The van der Waals surface area contributed by atoms with Crippen LogP contribution in [0, 0.1) is 0 Å². The van der Waals surface area contributed by atoms with Crippen LogP contribution in [0.25, 0.3) is 5.82 Å². The van der Waals surface area contributed by atoms with Crippen molar-refractivity contribution in [1.82, 2.24) is 35.2 Å². The molecule has 0 bridgehead atoms. The molecule has 1 atom stereocenters. The lowest BCUT2D eigenvalue weighted by Crippen LogP contribution is -2.44. The number of nitrogens with one attached hydrogen (secondary N) is 2. The topological polar surface area (TPSA) is 105 Å². The van der Waals surface area contributed by atoms with Crippen LogP contribution < -0.4 is 10.6 Å². The molecule has 9 nitrogen and oxygen atoms in total. The van der Waals surface area contributed by atoms with Crippen molar-refractivity contribution in [3.63, 3.8) is 0 Å². The quantitative estimate of drug-likeness (QED) is 0.253. The fraction of sp³-hybridized carbons (Fsp3) is 0.368. The molecule has 3 N–H and O–H groups in total. The third-order valence-electron chi connectivity index (χ3n) is 4.24. The van der Waals surface area contributed by atoms with Crippen LogP contribution in [0.1, 0.15) is 25.0 Å². The summed E-state index contributed by atoms with van der Waals surface area (Å²) in [4.78, 5) is 8.94. The van der Waals surface area contributed by atoms with Gasteiger partial charge in [0.2, 0.25) is 0 Å². The summed E-state index contributed by atoms with van der Waals surface area (Å²) in [6, 6.07) is 5.73. The van der Waals surface area contributed by atoms with Gasteiger partial charge in [-0.1, -0.05) is 0 Å². The second-order valence-corrected chi connectivity index (χ2v) is 6.70. The molecule has 0 aliphatic carbocycles. The molecule has 3 aromatic rings. The molecule has 0 spiro atoms. The number of rotatable bonds is 7. The molecule has 0 amide bonds. The van der Waals surface area contributed by atoms with Gasteiger partial charge in [-0.05, 0) is 37.6 Å². The highest BCUT2D eigenvalue weighted by Gasteiger charge is 2.24. The Labute approximate surface area is 187 Å².